The maximum Gasteiger partial charge on any atom is 0.143 e. The van der Waals surface area contributed by atoms with Crippen LogP contribution in [0.4, 0.5) is 0 Å². The van der Waals surface area contributed by atoms with Gasteiger partial charge >= 0.3 is 0 Å². The average molecular weight is 440 g/mol. The molecule has 2 aromatic carbocycles. The Morgan fingerprint density at radius 2 is 1.85 bits per heavy atom. The third-order valence-corrected chi connectivity index (χ3v) is 6.92. The number of H-pyrrole nitrogens is 1. The molecule has 0 atom stereocenters. The summed E-state index contributed by atoms with van der Waals surface area (Å²) in [5.41, 5.74) is 5.90. The van der Waals surface area contributed by atoms with Crippen LogP contribution in [0, 0.1) is 5.92 Å². The minimum absolute atomic E-state index is 0.185. The fraction of sp³-hybridized carbons (Fsp3) is 0.321. The Bertz CT molecular complexity index is 1230. The number of rotatable bonds is 5. The molecule has 5 nitrogen and oxygen atoms in total. The zero-order chi connectivity index (χ0) is 22.6. The zero-order valence-electron chi connectivity index (χ0n) is 18.7. The lowest BCUT2D eigenvalue weighted by atomic mass is 9.77. The number of phenolic OH excluding ortho intramolecular Hbond substituents is 1. The quantitative estimate of drug-likeness (QED) is 0.481. The fourth-order valence-electron chi connectivity index (χ4n) is 5.00. The smallest absolute Gasteiger partial charge is 0.143 e. The number of nitrogens with zero attached hydrogens (tertiary/aromatic N) is 2. The maximum absolute atomic E-state index is 10.8. The van der Waals surface area contributed by atoms with E-state index in [2.05, 4.69) is 52.5 Å². The van der Waals surface area contributed by atoms with Gasteiger partial charge in [-0.1, -0.05) is 36.4 Å². The molecule has 2 heterocycles. The second-order valence-corrected chi connectivity index (χ2v) is 9.05. The molecule has 0 saturated heterocycles. The molecule has 0 spiro atoms. The fourth-order valence-corrected chi connectivity index (χ4v) is 5.00. The van der Waals surface area contributed by atoms with Gasteiger partial charge in [-0.15, -0.1) is 0 Å². The molecule has 1 aliphatic heterocycles. The molecule has 2 N–H and O–H groups in total. The molecular formula is C28H29N3O2. The molecule has 2 aliphatic rings. The second kappa shape index (κ2) is 9.57. The summed E-state index contributed by atoms with van der Waals surface area (Å²) in [5.74, 6) is 2.11. The lowest BCUT2D eigenvalue weighted by molar-refractivity contribution is -0.108. The van der Waals surface area contributed by atoms with E-state index in [1.807, 2.05) is 12.1 Å². The van der Waals surface area contributed by atoms with E-state index in [1.165, 1.54) is 18.4 Å². The normalized spacial score (nSPS) is 23.8. The zero-order valence-corrected chi connectivity index (χ0v) is 18.7. The van der Waals surface area contributed by atoms with E-state index in [0.717, 1.165) is 60.3 Å². The molecular weight excluding hydrogens is 410 g/mol. The van der Waals surface area contributed by atoms with Gasteiger partial charge in [-0.25, -0.2) is 4.98 Å². The summed E-state index contributed by atoms with van der Waals surface area (Å²) in [6, 6.07) is 14.2. The molecule has 1 aromatic heterocycles. The highest BCUT2D eigenvalue weighted by Gasteiger charge is 2.22. The first-order chi connectivity index (χ1) is 16.2. The molecule has 0 unspecified atom stereocenters. The van der Waals surface area contributed by atoms with Crippen molar-refractivity contribution in [2.75, 3.05) is 6.54 Å². The number of para-hydroxylation sites is 1. The Hall–Kier alpha value is -3.47. The van der Waals surface area contributed by atoms with E-state index in [0.29, 0.717) is 23.8 Å². The Kier molecular flexibility index (Phi) is 6.20. The number of allylic oxidation sites excluding steroid dienone is 3. The van der Waals surface area contributed by atoms with Crippen LogP contribution in [-0.2, 0) is 4.79 Å². The topological polar surface area (TPSA) is 78.3 Å². The van der Waals surface area contributed by atoms with Crippen LogP contribution in [-0.4, -0.2) is 33.6 Å². The molecule has 33 heavy (non-hydrogen) atoms. The lowest BCUT2D eigenvalue weighted by Gasteiger charge is -2.27. The van der Waals surface area contributed by atoms with E-state index < -0.39 is 0 Å². The van der Waals surface area contributed by atoms with Gasteiger partial charge in [0.1, 0.15) is 23.4 Å². The van der Waals surface area contributed by atoms with Gasteiger partial charge in [-0.2, -0.15) is 0 Å². The number of aromatic amines is 1. The van der Waals surface area contributed by atoms with Crippen LogP contribution in [0.25, 0.3) is 16.6 Å². The number of hydrogen-bond donors (Lipinski definition) is 2. The predicted octanol–water partition coefficient (Wildman–Crippen LogP) is 5.96. The standard InChI is InChI=1S/C28H29N3O2/c32-18-16-19-6-8-20(9-7-19)21-10-12-22(13-11-21)24-15-14-23(3-2-17-29-24)28-30-25-4-1-5-26(33)27(25)31-28/h1,3-5,10-15,18-20,33H,2,6-9,16-17H2,(H,30,31)/b15-14-,23-3+,29-24?. The highest BCUT2D eigenvalue weighted by molar-refractivity contribution is 6.10. The molecule has 0 radical (unpaired) electrons. The van der Waals surface area contributed by atoms with Crippen molar-refractivity contribution >= 4 is 28.6 Å². The molecule has 168 valence electrons. The Balaban J connectivity index is 1.31. The maximum atomic E-state index is 10.8. The highest BCUT2D eigenvalue weighted by Crippen LogP contribution is 2.36. The summed E-state index contributed by atoms with van der Waals surface area (Å²) in [6.07, 6.45) is 13.5. The number of aliphatic imine (C=N–C) groups is 1. The van der Waals surface area contributed by atoms with Crippen molar-refractivity contribution in [2.45, 2.75) is 44.4 Å². The van der Waals surface area contributed by atoms with Gasteiger partial charge in [0.25, 0.3) is 0 Å². The minimum atomic E-state index is 0.185. The van der Waals surface area contributed by atoms with Crippen molar-refractivity contribution in [3.05, 3.63) is 77.6 Å². The van der Waals surface area contributed by atoms with Crippen molar-refractivity contribution < 1.29 is 9.90 Å². The number of benzene rings is 2. The summed E-state index contributed by atoms with van der Waals surface area (Å²) in [7, 11) is 0. The number of phenols is 1. The molecule has 5 heteroatoms. The number of nitrogens with one attached hydrogen (secondary N) is 1. The third kappa shape index (κ3) is 4.68. The van der Waals surface area contributed by atoms with Crippen molar-refractivity contribution in [3.8, 4) is 5.75 Å². The number of aromatic nitrogens is 2. The highest BCUT2D eigenvalue weighted by atomic mass is 16.3. The van der Waals surface area contributed by atoms with Crippen LogP contribution < -0.4 is 0 Å². The first-order valence-electron chi connectivity index (χ1n) is 11.9. The SMILES string of the molecule is O=CCC1CCC(c2ccc(C3=NCC/C=C(c4nc5c(O)cccc5[nH]4)\C=C/3)cc2)CC1. The summed E-state index contributed by atoms with van der Waals surface area (Å²) < 4.78 is 0. The number of carbonyl (C=O) groups excluding carboxylic acids is 1. The number of fused-ring (bicyclic) bond motifs is 1. The Labute approximate surface area is 194 Å². The number of carbonyl (C=O) groups is 1. The van der Waals surface area contributed by atoms with Gasteiger partial charge in [-0.05, 0) is 79.4 Å². The van der Waals surface area contributed by atoms with Crippen molar-refractivity contribution in [2.24, 2.45) is 10.9 Å². The molecule has 0 amide bonds. The van der Waals surface area contributed by atoms with E-state index >= 15 is 0 Å². The number of aromatic hydroxyl groups is 1. The molecule has 1 aliphatic carbocycles. The van der Waals surface area contributed by atoms with Gasteiger partial charge in [-0.3, -0.25) is 4.99 Å². The van der Waals surface area contributed by atoms with Gasteiger partial charge in [0.2, 0.25) is 0 Å². The number of aldehydes is 1. The molecule has 0 bridgehead atoms. The van der Waals surface area contributed by atoms with E-state index in [9.17, 15) is 9.90 Å². The number of hydrogen-bond acceptors (Lipinski definition) is 4. The van der Waals surface area contributed by atoms with E-state index in [1.54, 1.807) is 6.07 Å². The van der Waals surface area contributed by atoms with Crippen molar-refractivity contribution in [3.63, 3.8) is 0 Å². The van der Waals surface area contributed by atoms with Crippen molar-refractivity contribution in [1.82, 2.24) is 9.97 Å². The Morgan fingerprint density at radius 1 is 1.03 bits per heavy atom. The van der Waals surface area contributed by atoms with Crippen LogP contribution in [0.15, 0.2) is 65.7 Å². The third-order valence-electron chi connectivity index (χ3n) is 6.92. The lowest BCUT2D eigenvalue weighted by Crippen LogP contribution is -2.13. The van der Waals surface area contributed by atoms with Gasteiger partial charge in [0, 0.05) is 18.5 Å². The van der Waals surface area contributed by atoms with Gasteiger partial charge < -0.3 is 14.9 Å². The molecule has 3 aromatic rings. The summed E-state index contributed by atoms with van der Waals surface area (Å²) in [6.45, 7) is 0.719. The molecule has 5 rings (SSSR count). The van der Waals surface area contributed by atoms with Crippen LogP contribution in [0.3, 0.4) is 0 Å². The van der Waals surface area contributed by atoms with Crippen LogP contribution in [0.1, 0.15) is 61.4 Å². The summed E-state index contributed by atoms with van der Waals surface area (Å²) in [4.78, 5) is 23.5. The average Bonchev–Trinajstić information content (AvgIpc) is 3.26. The first-order valence-corrected chi connectivity index (χ1v) is 11.9. The van der Waals surface area contributed by atoms with Crippen molar-refractivity contribution in [1.29, 1.82) is 0 Å². The minimum Gasteiger partial charge on any atom is -0.506 e. The number of imidazole rings is 1. The largest absolute Gasteiger partial charge is 0.506 e. The van der Waals surface area contributed by atoms with Gasteiger partial charge in [0.15, 0.2) is 0 Å². The first kappa shape index (κ1) is 21.4. The molecule has 1 fully saturated rings. The summed E-state index contributed by atoms with van der Waals surface area (Å²) >= 11 is 0. The van der Waals surface area contributed by atoms with Crippen LogP contribution in [0.5, 0.6) is 5.75 Å². The van der Waals surface area contributed by atoms with Crippen LogP contribution >= 0.6 is 0 Å². The second-order valence-electron chi connectivity index (χ2n) is 9.05. The van der Waals surface area contributed by atoms with E-state index in [-0.39, 0.29) is 5.75 Å². The molecule has 1 saturated carbocycles. The Morgan fingerprint density at radius 3 is 2.61 bits per heavy atom. The monoisotopic (exact) mass is 439 g/mol. The summed E-state index contributed by atoms with van der Waals surface area (Å²) in [5, 5.41) is 10.1. The van der Waals surface area contributed by atoms with Gasteiger partial charge in [0.05, 0.1) is 11.2 Å². The van der Waals surface area contributed by atoms with Crippen LogP contribution in [0.2, 0.25) is 0 Å². The van der Waals surface area contributed by atoms with E-state index in [4.69, 9.17) is 4.99 Å². The predicted molar refractivity (Wildman–Crippen MR) is 133 cm³/mol.